The van der Waals surface area contributed by atoms with Crippen LogP contribution >= 0.6 is 0 Å². The van der Waals surface area contributed by atoms with Gasteiger partial charge in [0.25, 0.3) is 0 Å². The summed E-state index contributed by atoms with van der Waals surface area (Å²) in [5, 5.41) is 3.62. The third-order valence-corrected chi connectivity index (χ3v) is 5.85. The van der Waals surface area contributed by atoms with Gasteiger partial charge >= 0.3 is 0 Å². The molecule has 3 aliphatic heterocycles. The van der Waals surface area contributed by atoms with Crippen LogP contribution < -0.4 is 5.32 Å². The first-order valence-electron chi connectivity index (χ1n) is 8.47. The number of likely N-dealkylation sites (tertiary alicyclic amines) is 1. The lowest BCUT2D eigenvalue weighted by molar-refractivity contribution is 0.000903. The van der Waals surface area contributed by atoms with Crippen molar-refractivity contribution in [2.45, 2.75) is 76.0 Å². The second kappa shape index (κ2) is 6.11. The van der Waals surface area contributed by atoms with Crippen molar-refractivity contribution < 1.29 is 0 Å². The van der Waals surface area contributed by atoms with Crippen LogP contribution in [0.15, 0.2) is 0 Å². The summed E-state index contributed by atoms with van der Waals surface area (Å²) in [6.07, 6.45) is 9.92. The third-order valence-electron chi connectivity index (χ3n) is 5.85. The van der Waals surface area contributed by atoms with E-state index in [9.17, 15) is 0 Å². The van der Waals surface area contributed by atoms with Crippen LogP contribution in [0.3, 0.4) is 0 Å². The van der Waals surface area contributed by atoms with E-state index in [2.05, 4.69) is 29.1 Å². The Bertz CT molecular complexity index is 272. The molecule has 0 radical (unpaired) electrons. The smallest absolute Gasteiger partial charge is 0.0125 e. The summed E-state index contributed by atoms with van der Waals surface area (Å²) in [5.41, 5.74) is 0. The quantitative estimate of drug-likeness (QED) is 0.843. The summed E-state index contributed by atoms with van der Waals surface area (Å²) in [7, 11) is 2.36. The molecular weight excluding hydrogens is 234 g/mol. The van der Waals surface area contributed by atoms with Gasteiger partial charge in [0.15, 0.2) is 0 Å². The molecule has 110 valence electrons. The van der Waals surface area contributed by atoms with E-state index in [1.807, 2.05) is 0 Å². The number of piperidine rings is 3. The Labute approximate surface area is 118 Å². The molecule has 0 aromatic carbocycles. The van der Waals surface area contributed by atoms with Crippen LogP contribution in [0, 0.1) is 0 Å². The fourth-order valence-corrected chi connectivity index (χ4v) is 4.64. The summed E-state index contributed by atoms with van der Waals surface area (Å²) in [4.78, 5) is 5.50. The topological polar surface area (TPSA) is 18.5 Å². The van der Waals surface area contributed by atoms with Gasteiger partial charge < -0.3 is 15.1 Å². The Hall–Kier alpha value is -0.120. The summed E-state index contributed by atoms with van der Waals surface area (Å²) in [5.74, 6) is 0. The Morgan fingerprint density at radius 3 is 2.16 bits per heavy atom. The first-order valence-corrected chi connectivity index (χ1v) is 8.47. The average molecular weight is 265 g/mol. The molecule has 3 nitrogen and oxygen atoms in total. The van der Waals surface area contributed by atoms with Crippen LogP contribution in [0.4, 0.5) is 0 Å². The second-order valence-electron chi connectivity index (χ2n) is 6.90. The molecule has 0 aliphatic carbocycles. The van der Waals surface area contributed by atoms with Gasteiger partial charge in [-0.1, -0.05) is 13.3 Å². The molecule has 0 saturated carbocycles. The van der Waals surface area contributed by atoms with Crippen molar-refractivity contribution in [3.63, 3.8) is 0 Å². The van der Waals surface area contributed by atoms with Gasteiger partial charge in [-0.05, 0) is 65.2 Å². The molecule has 2 unspecified atom stereocenters. The van der Waals surface area contributed by atoms with Gasteiger partial charge in [-0.3, -0.25) is 0 Å². The van der Waals surface area contributed by atoms with E-state index < -0.39 is 0 Å². The van der Waals surface area contributed by atoms with Crippen molar-refractivity contribution in [3.05, 3.63) is 0 Å². The number of nitrogens with zero attached hydrogens (tertiary/aromatic N) is 2. The van der Waals surface area contributed by atoms with E-state index >= 15 is 0 Å². The SMILES string of the molecule is CCNC1CCN(C2CC3CCCC(C2)N3C)CC1. The Morgan fingerprint density at radius 2 is 1.58 bits per heavy atom. The van der Waals surface area contributed by atoms with Crippen LogP contribution in [-0.4, -0.2) is 60.6 Å². The van der Waals surface area contributed by atoms with Crippen LogP contribution in [0.1, 0.15) is 51.9 Å². The maximum Gasteiger partial charge on any atom is 0.0125 e. The van der Waals surface area contributed by atoms with E-state index in [4.69, 9.17) is 0 Å². The highest BCUT2D eigenvalue weighted by Crippen LogP contribution is 2.35. The molecule has 0 aromatic heterocycles. The van der Waals surface area contributed by atoms with Crippen molar-refractivity contribution in [2.24, 2.45) is 0 Å². The van der Waals surface area contributed by atoms with E-state index in [1.165, 1.54) is 58.0 Å². The fourth-order valence-electron chi connectivity index (χ4n) is 4.64. The maximum absolute atomic E-state index is 3.62. The minimum atomic E-state index is 0.784. The molecule has 0 spiro atoms. The number of hydrogen-bond acceptors (Lipinski definition) is 3. The Balaban J connectivity index is 1.53. The molecular formula is C16H31N3. The highest BCUT2D eigenvalue weighted by atomic mass is 15.2. The monoisotopic (exact) mass is 265 g/mol. The Morgan fingerprint density at radius 1 is 0.947 bits per heavy atom. The molecule has 19 heavy (non-hydrogen) atoms. The van der Waals surface area contributed by atoms with Gasteiger partial charge in [0.1, 0.15) is 0 Å². The molecule has 3 heteroatoms. The van der Waals surface area contributed by atoms with Gasteiger partial charge in [-0.25, -0.2) is 0 Å². The molecule has 3 heterocycles. The summed E-state index contributed by atoms with van der Waals surface area (Å²) >= 11 is 0. The van der Waals surface area contributed by atoms with Crippen molar-refractivity contribution in [3.8, 4) is 0 Å². The van der Waals surface area contributed by atoms with Gasteiger partial charge in [0.2, 0.25) is 0 Å². The van der Waals surface area contributed by atoms with Crippen LogP contribution in [0.2, 0.25) is 0 Å². The van der Waals surface area contributed by atoms with Gasteiger partial charge in [-0.2, -0.15) is 0 Å². The molecule has 2 atom stereocenters. The molecule has 0 amide bonds. The molecule has 0 aromatic rings. The normalized spacial score (nSPS) is 38.5. The van der Waals surface area contributed by atoms with E-state index in [1.54, 1.807) is 0 Å². The number of fused-ring (bicyclic) bond motifs is 2. The largest absolute Gasteiger partial charge is 0.314 e. The van der Waals surface area contributed by atoms with Crippen molar-refractivity contribution in [1.29, 1.82) is 0 Å². The first kappa shape index (κ1) is 13.8. The number of nitrogens with one attached hydrogen (secondary N) is 1. The van der Waals surface area contributed by atoms with E-state index in [-0.39, 0.29) is 0 Å². The first-order chi connectivity index (χ1) is 9.28. The average Bonchev–Trinajstić information content (AvgIpc) is 2.40. The lowest BCUT2D eigenvalue weighted by Gasteiger charge is -2.50. The second-order valence-corrected chi connectivity index (χ2v) is 6.90. The van der Waals surface area contributed by atoms with Gasteiger partial charge in [0, 0.05) is 24.2 Å². The predicted octanol–water partition coefficient (Wildman–Crippen LogP) is 2.08. The predicted molar refractivity (Wildman–Crippen MR) is 80.5 cm³/mol. The van der Waals surface area contributed by atoms with Gasteiger partial charge in [0.05, 0.1) is 0 Å². The molecule has 3 aliphatic rings. The highest BCUT2D eigenvalue weighted by molar-refractivity contribution is 4.95. The Kier molecular flexibility index (Phi) is 4.45. The standard InChI is InChI=1S/C16H31N3/c1-3-17-13-7-9-19(10-8-13)16-11-14-5-4-6-15(12-16)18(14)2/h13-17H,3-12H2,1-2H3. The zero-order valence-corrected chi connectivity index (χ0v) is 12.8. The third kappa shape index (κ3) is 2.98. The molecule has 2 bridgehead atoms. The summed E-state index contributed by atoms with van der Waals surface area (Å²) in [6.45, 7) is 6.00. The number of hydrogen-bond donors (Lipinski definition) is 1. The molecule has 1 N–H and O–H groups in total. The summed E-state index contributed by atoms with van der Waals surface area (Å²) < 4.78 is 0. The summed E-state index contributed by atoms with van der Waals surface area (Å²) in [6, 6.07) is 3.43. The van der Waals surface area contributed by atoms with Crippen molar-refractivity contribution in [1.82, 2.24) is 15.1 Å². The molecule has 3 fully saturated rings. The fraction of sp³-hybridized carbons (Fsp3) is 1.00. The van der Waals surface area contributed by atoms with E-state index in [0.29, 0.717) is 0 Å². The molecule has 3 rings (SSSR count). The highest BCUT2D eigenvalue weighted by Gasteiger charge is 2.38. The van der Waals surface area contributed by atoms with Crippen LogP contribution in [-0.2, 0) is 0 Å². The lowest BCUT2D eigenvalue weighted by atomic mass is 9.81. The zero-order valence-electron chi connectivity index (χ0n) is 12.8. The van der Waals surface area contributed by atoms with Crippen LogP contribution in [0.25, 0.3) is 0 Å². The van der Waals surface area contributed by atoms with Crippen molar-refractivity contribution >= 4 is 0 Å². The minimum absolute atomic E-state index is 0.784. The van der Waals surface area contributed by atoms with E-state index in [0.717, 1.165) is 30.7 Å². The molecule has 3 saturated heterocycles. The maximum atomic E-state index is 3.62. The van der Waals surface area contributed by atoms with Crippen molar-refractivity contribution in [2.75, 3.05) is 26.7 Å². The van der Waals surface area contributed by atoms with Crippen LogP contribution in [0.5, 0.6) is 0 Å². The minimum Gasteiger partial charge on any atom is -0.314 e. The lowest BCUT2D eigenvalue weighted by Crippen LogP contribution is -2.57. The van der Waals surface area contributed by atoms with Gasteiger partial charge in [-0.15, -0.1) is 0 Å². The number of rotatable bonds is 3. The zero-order chi connectivity index (χ0) is 13.2.